The van der Waals surface area contributed by atoms with Gasteiger partial charge in [0.05, 0.1) is 6.61 Å². The highest BCUT2D eigenvalue weighted by Gasteiger charge is 2.14. The second kappa shape index (κ2) is 6.49. The first-order valence-corrected chi connectivity index (χ1v) is 6.28. The number of hydrogen-bond acceptors (Lipinski definition) is 4. The van der Waals surface area contributed by atoms with Crippen molar-refractivity contribution in [2.75, 3.05) is 13.2 Å². The lowest BCUT2D eigenvalue weighted by atomic mass is 10.1. The van der Waals surface area contributed by atoms with Gasteiger partial charge in [-0.3, -0.25) is 0 Å². The minimum atomic E-state index is -0.367. The van der Waals surface area contributed by atoms with Crippen LogP contribution < -0.4 is 11.1 Å². The van der Waals surface area contributed by atoms with Gasteiger partial charge in [-0.25, -0.2) is 4.39 Å². The van der Waals surface area contributed by atoms with E-state index < -0.39 is 0 Å². The number of hydrogen-bond donors (Lipinski definition) is 3. The maximum atomic E-state index is 13.8. The first kappa shape index (κ1) is 13.8. The second-order valence-corrected chi connectivity index (χ2v) is 4.59. The third kappa shape index (κ3) is 3.65. The van der Waals surface area contributed by atoms with Crippen LogP contribution in [0.15, 0.2) is 23.4 Å². The van der Waals surface area contributed by atoms with Crippen molar-refractivity contribution in [1.82, 2.24) is 5.32 Å². The van der Waals surface area contributed by atoms with Gasteiger partial charge < -0.3 is 21.0 Å². The summed E-state index contributed by atoms with van der Waals surface area (Å²) in [6.45, 7) is 1.92. The zero-order valence-corrected chi connectivity index (χ0v) is 10.6. The van der Waals surface area contributed by atoms with Gasteiger partial charge in [0.15, 0.2) is 5.84 Å². The Hall–Kier alpha value is -1.66. The van der Waals surface area contributed by atoms with E-state index in [1.54, 1.807) is 12.1 Å². The second-order valence-electron chi connectivity index (χ2n) is 4.59. The molecule has 0 aromatic heterocycles. The van der Waals surface area contributed by atoms with Gasteiger partial charge in [-0.05, 0) is 18.9 Å². The first-order chi connectivity index (χ1) is 9.20. The Morgan fingerprint density at radius 2 is 2.42 bits per heavy atom. The van der Waals surface area contributed by atoms with E-state index in [1.807, 2.05) is 0 Å². The summed E-state index contributed by atoms with van der Waals surface area (Å²) in [6, 6.07) is 4.81. The van der Waals surface area contributed by atoms with E-state index in [0.717, 1.165) is 19.4 Å². The van der Waals surface area contributed by atoms with Crippen LogP contribution in [0.25, 0.3) is 0 Å². The summed E-state index contributed by atoms with van der Waals surface area (Å²) in [7, 11) is 0. The number of nitrogens with zero attached hydrogens (tertiary/aromatic N) is 1. The van der Waals surface area contributed by atoms with Crippen LogP contribution in [0.1, 0.15) is 24.0 Å². The summed E-state index contributed by atoms with van der Waals surface area (Å²) in [4.78, 5) is 0. The number of benzene rings is 1. The van der Waals surface area contributed by atoms with E-state index in [4.69, 9.17) is 15.7 Å². The van der Waals surface area contributed by atoms with Crippen LogP contribution >= 0.6 is 0 Å². The van der Waals surface area contributed by atoms with Crippen molar-refractivity contribution in [3.05, 3.63) is 35.1 Å². The SMILES string of the molecule is NC(=NO)c1ccc(CNC2CCCOC2)c(F)c1. The highest BCUT2D eigenvalue weighted by atomic mass is 19.1. The molecule has 2 rings (SSSR count). The highest BCUT2D eigenvalue weighted by Crippen LogP contribution is 2.12. The Morgan fingerprint density at radius 3 is 3.05 bits per heavy atom. The Bertz CT molecular complexity index is 459. The molecule has 1 heterocycles. The fourth-order valence-electron chi connectivity index (χ4n) is 2.06. The van der Waals surface area contributed by atoms with E-state index in [1.165, 1.54) is 6.07 Å². The summed E-state index contributed by atoms with van der Waals surface area (Å²) in [6.07, 6.45) is 2.08. The molecule has 1 fully saturated rings. The van der Waals surface area contributed by atoms with Crippen LogP contribution in [-0.4, -0.2) is 30.3 Å². The number of amidine groups is 1. The monoisotopic (exact) mass is 267 g/mol. The molecule has 1 saturated heterocycles. The highest BCUT2D eigenvalue weighted by molar-refractivity contribution is 5.97. The summed E-state index contributed by atoms with van der Waals surface area (Å²) in [5.74, 6) is -0.465. The molecule has 0 aliphatic carbocycles. The van der Waals surface area contributed by atoms with Crippen LogP contribution in [0.4, 0.5) is 4.39 Å². The lowest BCUT2D eigenvalue weighted by Crippen LogP contribution is -2.36. The molecule has 0 radical (unpaired) electrons. The van der Waals surface area contributed by atoms with E-state index in [0.29, 0.717) is 24.3 Å². The van der Waals surface area contributed by atoms with Gasteiger partial charge in [-0.2, -0.15) is 0 Å². The van der Waals surface area contributed by atoms with E-state index in [-0.39, 0.29) is 17.7 Å². The van der Waals surface area contributed by atoms with Crippen LogP contribution in [0.3, 0.4) is 0 Å². The molecular formula is C13H18FN3O2. The molecule has 0 amide bonds. The van der Waals surface area contributed by atoms with Gasteiger partial charge in [-0.1, -0.05) is 17.3 Å². The van der Waals surface area contributed by atoms with Crippen molar-refractivity contribution in [1.29, 1.82) is 0 Å². The third-order valence-corrected chi connectivity index (χ3v) is 3.20. The molecule has 1 aliphatic heterocycles. The number of oxime groups is 1. The zero-order valence-electron chi connectivity index (χ0n) is 10.6. The van der Waals surface area contributed by atoms with Gasteiger partial charge in [-0.15, -0.1) is 0 Å². The van der Waals surface area contributed by atoms with Gasteiger partial charge in [0.2, 0.25) is 0 Å². The molecule has 1 aromatic carbocycles. The van der Waals surface area contributed by atoms with Crippen molar-refractivity contribution < 1.29 is 14.3 Å². The van der Waals surface area contributed by atoms with Crippen molar-refractivity contribution in [2.24, 2.45) is 10.9 Å². The Balaban J connectivity index is 1.97. The lowest BCUT2D eigenvalue weighted by molar-refractivity contribution is 0.0698. The van der Waals surface area contributed by atoms with Crippen LogP contribution in [0.2, 0.25) is 0 Å². The first-order valence-electron chi connectivity index (χ1n) is 6.28. The predicted octanol–water partition coefficient (Wildman–Crippen LogP) is 1.19. The molecule has 104 valence electrons. The molecule has 19 heavy (non-hydrogen) atoms. The molecule has 0 spiro atoms. The maximum Gasteiger partial charge on any atom is 0.170 e. The number of rotatable bonds is 4. The van der Waals surface area contributed by atoms with Crippen molar-refractivity contribution in [2.45, 2.75) is 25.4 Å². The van der Waals surface area contributed by atoms with Crippen molar-refractivity contribution in [3.8, 4) is 0 Å². The Morgan fingerprint density at radius 1 is 1.58 bits per heavy atom. The lowest BCUT2D eigenvalue weighted by Gasteiger charge is -2.23. The minimum Gasteiger partial charge on any atom is -0.409 e. The molecule has 1 atom stereocenters. The fourth-order valence-corrected chi connectivity index (χ4v) is 2.06. The third-order valence-electron chi connectivity index (χ3n) is 3.20. The average molecular weight is 267 g/mol. The van der Waals surface area contributed by atoms with Crippen molar-refractivity contribution in [3.63, 3.8) is 0 Å². The standard InChI is InChI=1S/C13H18FN3O2/c14-12-6-9(13(15)17-18)3-4-10(12)7-16-11-2-1-5-19-8-11/h3-4,6,11,16,18H,1-2,5,7-8H2,(H2,15,17). The summed E-state index contributed by atoms with van der Waals surface area (Å²) < 4.78 is 19.2. The molecule has 0 saturated carbocycles. The molecule has 6 heteroatoms. The summed E-state index contributed by atoms with van der Waals surface area (Å²) in [5, 5.41) is 14.6. The van der Waals surface area contributed by atoms with E-state index >= 15 is 0 Å². The number of nitrogens with two attached hydrogens (primary N) is 1. The maximum absolute atomic E-state index is 13.8. The molecule has 1 aromatic rings. The Kier molecular flexibility index (Phi) is 4.70. The normalized spacial score (nSPS) is 20.5. The number of nitrogens with one attached hydrogen (secondary N) is 1. The van der Waals surface area contributed by atoms with E-state index in [9.17, 15) is 4.39 Å². The zero-order chi connectivity index (χ0) is 13.7. The molecule has 0 bridgehead atoms. The van der Waals surface area contributed by atoms with E-state index in [2.05, 4.69) is 10.5 Å². The van der Waals surface area contributed by atoms with Gasteiger partial charge in [0.1, 0.15) is 5.82 Å². The quantitative estimate of drug-likeness (QED) is 0.331. The van der Waals surface area contributed by atoms with Crippen LogP contribution in [-0.2, 0) is 11.3 Å². The fraction of sp³-hybridized carbons (Fsp3) is 0.462. The average Bonchev–Trinajstić information content (AvgIpc) is 2.46. The van der Waals surface area contributed by atoms with Gasteiger partial charge >= 0.3 is 0 Å². The number of halogens is 1. The molecule has 1 unspecified atom stereocenters. The number of ether oxygens (including phenoxy) is 1. The molecule has 5 nitrogen and oxygen atoms in total. The van der Waals surface area contributed by atoms with Gasteiger partial charge in [0, 0.05) is 30.3 Å². The molecular weight excluding hydrogens is 249 g/mol. The van der Waals surface area contributed by atoms with Crippen LogP contribution in [0, 0.1) is 5.82 Å². The largest absolute Gasteiger partial charge is 0.409 e. The van der Waals surface area contributed by atoms with Crippen molar-refractivity contribution >= 4 is 5.84 Å². The Labute approximate surface area is 111 Å². The summed E-state index contributed by atoms with van der Waals surface area (Å²) >= 11 is 0. The van der Waals surface area contributed by atoms with Crippen LogP contribution in [0.5, 0.6) is 0 Å². The topological polar surface area (TPSA) is 79.9 Å². The summed E-state index contributed by atoms with van der Waals surface area (Å²) in [5.41, 5.74) is 6.33. The van der Waals surface area contributed by atoms with Gasteiger partial charge in [0.25, 0.3) is 0 Å². The predicted molar refractivity (Wildman–Crippen MR) is 69.6 cm³/mol. The molecule has 4 N–H and O–H groups in total. The smallest absolute Gasteiger partial charge is 0.170 e. The minimum absolute atomic E-state index is 0.0981. The molecule has 1 aliphatic rings.